The third-order valence-corrected chi connectivity index (χ3v) is 4.12. The number of sulfonamides is 1. The highest BCUT2D eigenvalue weighted by atomic mass is 32.2. The van der Waals surface area contributed by atoms with Crippen molar-refractivity contribution in [2.45, 2.75) is 12.3 Å². The molecule has 0 aliphatic heterocycles. The minimum absolute atomic E-state index is 0.0455. The third kappa shape index (κ3) is 4.51. The number of rotatable bonds is 5. The van der Waals surface area contributed by atoms with Crippen molar-refractivity contribution in [2.75, 3.05) is 5.73 Å². The Morgan fingerprint density at radius 2 is 1.71 bits per heavy atom. The molecule has 2 rings (SSSR count). The number of benzene rings is 2. The molecule has 4 nitrogen and oxygen atoms in total. The van der Waals surface area contributed by atoms with Gasteiger partial charge in [0.25, 0.3) is 0 Å². The second kappa shape index (κ2) is 6.19. The second-order valence-electron chi connectivity index (χ2n) is 4.56. The maximum atomic E-state index is 13.4. The molecular weight excluding hydrogens is 298 g/mol. The monoisotopic (exact) mass is 312 g/mol. The summed E-state index contributed by atoms with van der Waals surface area (Å²) in [6, 6.07) is 9.27. The average Bonchev–Trinajstić information content (AvgIpc) is 2.42. The van der Waals surface area contributed by atoms with Crippen molar-refractivity contribution in [2.24, 2.45) is 0 Å². The fourth-order valence-corrected chi connectivity index (χ4v) is 2.86. The molecule has 3 N–H and O–H groups in total. The van der Waals surface area contributed by atoms with E-state index < -0.39 is 21.7 Å². The Hall–Kier alpha value is -1.99. The fraction of sp³-hybridized carbons (Fsp3) is 0.143. The number of nitrogens with one attached hydrogen (secondary N) is 1. The lowest BCUT2D eigenvalue weighted by Crippen LogP contribution is -2.25. The maximum Gasteiger partial charge on any atom is 0.216 e. The molecule has 0 aliphatic carbocycles. The third-order valence-electron chi connectivity index (χ3n) is 2.83. The van der Waals surface area contributed by atoms with E-state index in [1.54, 1.807) is 24.3 Å². The van der Waals surface area contributed by atoms with Crippen molar-refractivity contribution in [3.63, 3.8) is 0 Å². The average molecular weight is 312 g/mol. The van der Waals surface area contributed by atoms with Gasteiger partial charge in [0, 0.05) is 17.8 Å². The van der Waals surface area contributed by atoms with Crippen molar-refractivity contribution in [1.82, 2.24) is 4.72 Å². The van der Waals surface area contributed by atoms with Crippen LogP contribution in [0.15, 0.2) is 42.5 Å². The van der Waals surface area contributed by atoms with Gasteiger partial charge < -0.3 is 5.73 Å². The van der Waals surface area contributed by atoms with Crippen molar-refractivity contribution in [1.29, 1.82) is 0 Å². The van der Waals surface area contributed by atoms with Gasteiger partial charge in [0.05, 0.1) is 5.75 Å². The van der Waals surface area contributed by atoms with Crippen LogP contribution in [0.5, 0.6) is 0 Å². The highest BCUT2D eigenvalue weighted by Gasteiger charge is 2.13. The Balaban J connectivity index is 2.04. The fourth-order valence-electron chi connectivity index (χ4n) is 1.75. The van der Waals surface area contributed by atoms with Gasteiger partial charge in [-0.1, -0.05) is 12.1 Å². The van der Waals surface area contributed by atoms with Crippen LogP contribution in [-0.2, 0) is 22.3 Å². The summed E-state index contributed by atoms with van der Waals surface area (Å²) in [7, 11) is -3.66. The van der Waals surface area contributed by atoms with Crippen molar-refractivity contribution >= 4 is 15.7 Å². The molecule has 0 bridgehead atoms. The van der Waals surface area contributed by atoms with Crippen LogP contribution in [-0.4, -0.2) is 8.42 Å². The summed E-state index contributed by atoms with van der Waals surface area (Å²) in [5.74, 6) is -1.54. The van der Waals surface area contributed by atoms with Gasteiger partial charge in [-0.2, -0.15) is 0 Å². The molecule has 0 radical (unpaired) electrons. The molecule has 7 heteroatoms. The van der Waals surface area contributed by atoms with Gasteiger partial charge >= 0.3 is 0 Å². The van der Waals surface area contributed by atoms with Crippen molar-refractivity contribution in [3.8, 4) is 0 Å². The van der Waals surface area contributed by atoms with Gasteiger partial charge in [0.1, 0.15) is 11.6 Å². The smallest absolute Gasteiger partial charge is 0.216 e. The van der Waals surface area contributed by atoms with E-state index in [9.17, 15) is 17.2 Å². The standard InChI is InChI=1S/C14H14F2N2O2S/c15-12-3-6-14(16)11(7-12)8-18-21(19,20)9-10-1-4-13(17)5-2-10/h1-7,18H,8-9,17H2. The molecule has 0 heterocycles. The predicted molar refractivity (Wildman–Crippen MR) is 76.7 cm³/mol. The molecular formula is C14H14F2N2O2S. The highest BCUT2D eigenvalue weighted by Crippen LogP contribution is 2.12. The van der Waals surface area contributed by atoms with Crippen LogP contribution < -0.4 is 10.5 Å². The number of anilines is 1. The maximum absolute atomic E-state index is 13.4. The normalized spacial score (nSPS) is 11.5. The SMILES string of the molecule is Nc1ccc(CS(=O)(=O)NCc2cc(F)ccc2F)cc1. The highest BCUT2D eigenvalue weighted by molar-refractivity contribution is 7.88. The van der Waals surface area contributed by atoms with E-state index in [0.717, 1.165) is 18.2 Å². The lowest BCUT2D eigenvalue weighted by atomic mass is 10.2. The minimum Gasteiger partial charge on any atom is -0.399 e. The molecule has 0 aromatic heterocycles. The number of hydrogen-bond donors (Lipinski definition) is 2. The summed E-state index contributed by atoms with van der Waals surface area (Å²) in [6.45, 7) is -0.305. The second-order valence-corrected chi connectivity index (χ2v) is 6.36. The van der Waals surface area contributed by atoms with E-state index in [4.69, 9.17) is 5.73 Å². The van der Waals surface area contributed by atoms with Gasteiger partial charge in [-0.25, -0.2) is 21.9 Å². The van der Waals surface area contributed by atoms with E-state index in [-0.39, 0.29) is 17.9 Å². The molecule has 112 valence electrons. The molecule has 0 aliphatic rings. The Morgan fingerprint density at radius 1 is 1.05 bits per heavy atom. The van der Waals surface area contributed by atoms with E-state index >= 15 is 0 Å². The first-order chi connectivity index (χ1) is 9.85. The molecule has 0 saturated heterocycles. The molecule has 0 unspecified atom stereocenters. The summed E-state index contributed by atoms with van der Waals surface area (Å²) in [6.07, 6.45) is 0. The van der Waals surface area contributed by atoms with Crippen LogP contribution in [0.4, 0.5) is 14.5 Å². The van der Waals surface area contributed by atoms with Crippen LogP contribution in [0.25, 0.3) is 0 Å². The molecule has 0 spiro atoms. The van der Waals surface area contributed by atoms with Gasteiger partial charge in [-0.05, 0) is 35.9 Å². The molecule has 21 heavy (non-hydrogen) atoms. The quantitative estimate of drug-likeness (QED) is 0.831. The van der Waals surface area contributed by atoms with Crippen molar-refractivity contribution < 1.29 is 17.2 Å². The number of nitrogens with two attached hydrogens (primary N) is 1. The predicted octanol–water partition coefficient (Wildman–Crippen LogP) is 2.17. The van der Waals surface area contributed by atoms with Gasteiger partial charge in [0.2, 0.25) is 10.0 Å². The van der Waals surface area contributed by atoms with E-state index in [2.05, 4.69) is 4.72 Å². The minimum atomic E-state index is -3.66. The molecule has 0 fully saturated rings. The Labute approximate surface area is 121 Å². The van der Waals surface area contributed by atoms with Gasteiger partial charge in [0.15, 0.2) is 0 Å². The zero-order valence-electron chi connectivity index (χ0n) is 11.0. The summed E-state index contributed by atoms with van der Waals surface area (Å²) in [5, 5.41) is 0. The molecule has 2 aromatic rings. The first kappa shape index (κ1) is 15.4. The number of halogens is 2. The largest absolute Gasteiger partial charge is 0.399 e. The van der Waals surface area contributed by atoms with Crippen LogP contribution in [0.3, 0.4) is 0 Å². The molecule has 0 amide bonds. The van der Waals surface area contributed by atoms with Crippen LogP contribution in [0.1, 0.15) is 11.1 Å². The molecule has 0 atom stereocenters. The van der Waals surface area contributed by atoms with E-state index in [1.807, 2.05) is 0 Å². The summed E-state index contributed by atoms with van der Waals surface area (Å²) in [5.41, 5.74) is 6.55. The number of nitrogen functional groups attached to an aromatic ring is 1. The van der Waals surface area contributed by atoms with Crippen LogP contribution >= 0.6 is 0 Å². The first-order valence-corrected chi connectivity index (χ1v) is 7.77. The summed E-state index contributed by atoms with van der Waals surface area (Å²) >= 11 is 0. The summed E-state index contributed by atoms with van der Waals surface area (Å²) < 4.78 is 52.4. The Morgan fingerprint density at radius 3 is 2.38 bits per heavy atom. The van der Waals surface area contributed by atoms with E-state index in [1.165, 1.54) is 0 Å². The molecule has 2 aromatic carbocycles. The number of hydrogen-bond acceptors (Lipinski definition) is 3. The Bertz CT molecular complexity index is 731. The van der Waals surface area contributed by atoms with Crippen LogP contribution in [0, 0.1) is 11.6 Å². The topological polar surface area (TPSA) is 72.2 Å². The molecule has 0 saturated carbocycles. The van der Waals surface area contributed by atoms with Gasteiger partial charge in [-0.3, -0.25) is 0 Å². The van der Waals surface area contributed by atoms with Crippen molar-refractivity contribution in [3.05, 3.63) is 65.2 Å². The lowest BCUT2D eigenvalue weighted by Gasteiger charge is -2.08. The lowest BCUT2D eigenvalue weighted by molar-refractivity contribution is 0.566. The first-order valence-electron chi connectivity index (χ1n) is 6.11. The van der Waals surface area contributed by atoms with E-state index in [0.29, 0.717) is 11.3 Å². The summed E-state index contributed by atoms with van der Waals surface area (Å²) in [4.78, 5) is 0. The zero-order valence-corrected chi connectivity index (χ0v) is 11.8. The Kier molecular flexibility index (Phi) is 4.54. The zero-order chi connectivity index (χ0) is 15.5. The van der Waals surface area contributed by atoms with Gasteiger partial charge in [-0.15, -0.1) is 0 Å². The van der Waals surface area contributed by atoms with Crippen LogP contribution in [0.2, 0.25) is 0 Å².